The molecule has 11 heteroatoms. The number of hydrogen-bond donors (Lipinski definition) is 1. The average molecular weight is 600 g/mol. The molecule has 1 N–H and O–H groups in total. The van der Waals surface area contributed by atoms with Gasteiger partial charge in [0.15, 0.2) is 0 Å². The number of benzene rings is 3. The summed E-state index contributed by atoms with van der Waals surface area (Å²) in [7, 11) is -4.04. The van der Waals surface area contributed by atoms with E-state index < -0.39 is 22.5 Å². The molecular formula is C29H28Cl2N4O4S. The molecular weight excluding hydrogens is 571 g/mol. The highest BCUT2D eigenvalue weighted by Gasteiger charge is 2.27. The summed E-state index contributed by atoms with van der Waals surface area (Å²) < 4.78 is 35.5. The molecule has 4 rings (SSSR count). The van der Waals surface area contributed by atoms with Gasteiger partial charge in [0.2, 0.25) is 0 Å². The lowest BCUT2D eigenvalue weighted by molar-refractivity contribution is -0.119. The van der Waals surface area contributed by atoms with Crippen molar-refractivity contribution in [2.24, 2.45) is 5.10 Å². The number of halogens is 2. The lowest BCUT2D eigenvalue weighted by atomic mass is 10.2. The maximum Gasteiger partial charge on any atom is 0.264 e. The van der Waals surface area contributed by atoms with E-state index in [1.165, 1.54) is 18.3 Å². The van der Waals surface area contributed by atoms with Crippen molar-refractivity contribution in [1.82, 2.24) is 9.99 Å². The zero-order valence-electron chi connectivity index (χ0n) is 22.1. The Bertz CT molecular complexity index is 1620. The first-order chi connectivity index (χ1) is 19.1. The summed E-state index contributed by atoms with van der Waals surface area (Å²) in [5.41, 5.74) is 6.10. The molecule has 0 saturated carbocycles. The lowest BCUT2D eigenvalue weighted by Gasteiger charge is -2.24. The lowest BCUT2D eigenvalue weighted by Crippen LogP contribution is -2.39. The van der Waals surface area contributed by atoms with E-state index >= 15 is 0 Å². The van der Waals surface area contributed by atoms with Crippen LogP contribution in [0.15, 0.2) is 88.9 Å². The number of hydrazone groups is 1. The maximum atomic E-state index is 13.5. The van der Waals surface area contributed by atoms with E-state index in [2.05, 4.69) is 10.5 Å². The van der Waals surface area contributed by atoms with E-state index in [0.29, 0.717) is 28.1 Å². The van der Waals surface area contributed by atoms with Gasteiger partial charge in [-0.25, -0.2) is 13.8 Å². The van der Waals surface area contributed by atoms with E-state index in [1.54, 1.807) is 60.7 Å². The minimum atomic E-state index is -4.04. The van der Waals surface area contributed by atoms with Gasteiger partial charge in [-0.1, -0.05) is 41.4 Å². The van der Waals surface area contributed by atoms with Crippen LogP contribution in [0.1, 0.15) is 23.9 Å². The molecule has 0 atom stereocenters. The first-order valence-electron chi connectivity index (χ1n) is 12.4. The highest BCUT2D eigenvalue weighted by Crippen LogP contribution is 2.27. The molecule has 0 radical (unpaired) electrons. The molecule has 0 fully saturated rings. The van der Waals surface area contributed by atoms with Gasteiger partial charge in [0.25, 0.3) is 15.9 Å². The maximum absolute atomic E-state index is 13.5. The standard InChI is InChI=1S/C29H28Cl2N4O4S/c1-4-39-27-12-10-25(11-13-27)34(40(37,38)28-8-6-5-7-9-28)19-29(36)33-32-18-22-14-20(2)35(21(22)3)26-16-23(30)15-24(31)17-26/h5-18H,4,19H2,1-3H3,(H,33,36)/b32-18-. The predicted octanol–water partition coefficient (Wildman–Crippen LogP) is 6.15. The van der Waals surface area contributed by atoms with Crippen molar-refractivity contribution in [3.8, 4) is 11.4 Å². The van der Waals surface area contributed by atoms with E-state index in [1.807, 2.05) is 31.4 Å². The van der Waals surface area contributed by atoms with E-state index in [-0.39, 0.29) is 4.90 Å². The summed E-state index contributed by atoms with van der Waals surface area (Å²) >= 11 is 12.4. The highest BCUT2D eigenvalue weighted by molar-refractivity contribution is 7.92. The predicted molar refractivity (Wildman–Crippen MR) is 160 cm³/mol. The molecule has 1 amide bonds. The van der Waals surface area contributed by atoms with Crippen molar-refractivity contribution in [3.05, 3.63) is 106 Å². The number of rotatable bonds is 10. The smallest absolute Gasteiger partial charge is 0.264 e. The van der Waals surface area contributed by atoms with Gasteiger partial charge in [0.1, 0.15) is 12.3 Å². The average Bonchev–Trinajstić information content (AvgIpc) is 3.20. The van der Waals surface area contributed by atoms with E-state index in [4.69, 9.17) is 27.9 Å². The largest absolute Gasteiger partial charge is 0.494 e. The minimum Gasteiger partial charge on any atom is -0.494 e. The second-order valence-corrected chi connectivity index (χ2v) is 11.6. The summed E-state index contributed by atoms with van der Waals surface area (Å²) in [5, 5.41) is 5.12. The van der Waals surface area contributed by atoms with Gasteiger partial charge < -0.3 is 9.30 Å². The molecule has 0 spiro atoms. The van der Waals surface area contributed by atoms with Crippen molar-refractivity contribution in [2.45, 2.75) is 25.7 Å². The van der Waals surface area contributed by atoms with Gasteiger partial charge >= 0.3 is 0 Å². The molecule has 8 nitrogen and oxygen atoms in total. The molecule has 4 aromatic rings. The zero-order chi connectivity index (χ0) is 28.9. The third-order valence-corrected chi connectivity index (χ3v) is 8.25. The SMILES string of the molecule is CCOc1ccc(N(CC(=O)N/N=C\c2cc(C)n(-c3cc(Cl)cc(Cl)c3)c2C)S(=O)(=O)c2ccccc2)cc1. The van der Waals surface area contributed by atoms with Crippen LogP contribution < -0.4 is 14.5 Å². The van der Waals surface area contributed by atoms with Crippen molar-refractivity contribution >= 4 is 51.0 Å². The number of ether oxygens (including phenoxy) is 1. The molecule has 0 aliphatic heterocycles. The van der Waals surface area contributed by atoms with Gasteiger partial charge in [-0.3, -0.25) is 9.10 Å². The summed E-state index contributed by atoms with van der Waals surface area (Å²) in [6.45, 7) is 5.69. The first-order valence-corrected chi connectivity index (χ1v) is 14.6. The monoisotopic (exact) mass is 598 g/mol. The number of nitrogens with one attached hydrogen (secondary N) is 1. The Morgan fingerprint density at radius 3 is 2.27 bits per heavy atom. The van der Waals surface area contributed by atoms with Crippen LogP contribution in [0.5, 0.6) is 5.75 Å². The summed E-state index contributed by atoms with van der Waals surface area (Å²) in [4.78, 5) is 13.0. The molecule has 0 aliphatic rings. The molecule has 0 bridgehead atoms. The molecule has 0 unspecified atom stereocenters. The van der Waals surface area contributed by atoms with Crippen LogP contribution in [0.4, 0.5) is 5.69 Å². The third-order valence-electron chi connectivity index (χ3n) is 6.02. The number of aromatic nitrogens is 1. The van der Waals surface area contributed by atoms with Crippen LogP contribution in [0.25, 0.3) is 5.69 Å². The third kappa shape index (κ3) is 6.67. The van der Waals surface area contributed by atoms with Crippen LogP contribution in [-0.2, 0) is 14.8 Å². The Labute approximate surface area is 243 Å². The minimum absolute atomic E-state index is 0.0637. The number of amides is 1. The Balaban J connectivity index is 1.55. The fourth-order valence-corrected chi connectivity index (χ4v) is 6.19. The Hall–Kier alpha value is -3.79. The Kier molecular flexibility index (Phi) is 9.19. The normalized spacial score (nSPS) is 11.5. The van der Waals surface area contributed by atoms with Crippen molar-refractivity contribution in [1.29, 1.82) is 0 Å². The summed E-state index contributed by atoms with van der Waals surface area (Å²) in [5.74, 6) is -0.0184. The van der Waals surface area contributed by atoms with Crippen LogP contribution in [0.3, 0.4) is 0 Å². The Morgan fingerprint density at radius 2 is 1.65 bits per heavy atom. The van der Waals surface area contributed by atoms with Crippen molar-refractivity contribution in [2.75, 3.05) is 17.5 Å². The number of nitrogens with zero attached hydrogens (tertiary/aromatic N) is 3. The van der Waals surface area contributed by atoms with E-state index in [9.17, 15) is 13.2 Å². The number of carbonyl (C=O) groups is 1. The summed E-state index contributed by atoms with van der Waals surface area (Å²) in [6.07, 6.45) is 1.51. The number of sulfonamides is 1. The van der Waals surface area contributed by atoms with Gasteiger partial charge in [0, 0.05) is 32.7 Å². The van der Waals surface area contributed by atoms with Gasteiger partial charge in [0.05, 0.1) is 23.4 Å². The molecule has 40 heavy (non-hydrogen) atoms. The number of aryl methyl sites for hydroxylation is 1. The molecule has 0 aliphatic carbocycles. The molecule has 3 aromatic carbocycles. The highest BCUT2D eigenvalue weighted by atomic mass is 35.5. The van der Waals surface area contributed by atoms with Gasteiger partial charge in [-0.2, -0.15) is 5.10 Å². The number of hydrogen-bond acceptors (Lipinski definition) is 5. The molecule has 1 heterocycles. The fourth-order valence-electron chi connectivity index (χ4n) is 4.23. The topological polar surface area (TPSA) is 93.0 Å². The summed E-state index contributed by atoms with van der Waals surface area (Å²) in [6, 6.07) is 21.6. The van der Waals surface area contributed by atoms with E-state index in [0.717, 1.165) is 26.9 Å². The second kappa shape index (κ2) is 12.6. The van der Waals surface area contributed by atoms with Gasteiger partial charge in [-0.15, -0.1) is 0 Å². The van der Waals surface area contributed by atoms with Crippen LogP contribution in [-0.4, -0.2) is 38.3 Å². The molecule has 1 aromatic heterocycles. The van der Waals surface area contributed by atoms with Crippen LogP contribution in [0, 0.1) is 13.8 Å². The Morgan fingerprint density at radius 1 is 1.00 bits per heavy atom. The second-order valence-electron chi connectivity index (χ2n) is 8.83. The molecule has 0 saturated heterocycles. The molecule has 208 valence electrons. The fraction of sp³-hybridized carbons (Fsp3) is 0.172. The van der Waals surface area contributed by atoms with Crippen molar-refractivity contribution in [3.63, 3.8) is 0 Å². The van der Waals surface area contributed by atoms with Crippen LogP contribution in [0.2, 0.25) is 10.0 Å². The van der Waals surface area contributed by atoms with Gasteiger partial charge in [-0.05, 0) is 81.4 Å². The van der Waals surface area contributed by atoms with Crippen LogP contribution >= 0.6 is 23.2 Å². The first kappa shape index (κ1) is 29.2. The number of carbonyl (C=O) groups excluding carboxylic acids is 1. The zero-order valence-corrected chi connectivity index (χ0v) is 24.5. The quantitative estimate of drug-likeness (QED) is 0.175. The van der Waals surface area contributed by atoms with Crippen molar-refractivity contribution < 1.29 is 17.9 Å². The number of anilines is 1.